The molecule has 2 aromatic rings. The number of oxazole rings is 1. The van der Waals surface area contributed by atoms with E-state index in [1.807, 2.05) is 50.9 Å². The highest BCUT2D eigenvalue weighted by molar-refractivity contribution is 5.77. The molecule has 0 spiro atoms. The molecule has 0 N–H and O–H groups in total. The summed E-state index contributed by atoms with van der Waals surface area (Å²) in [6.45, 7) is 7.37. The van der Waals surface area contributed by atoms with Gasteiger partial charge in [-0.05, 0) is 32.4 Å². The van der Waals surface area contributed by atoms with Crippen molar-refractivity contribution in [2.24, 2.45) is 0 Å². The van der Waals surface area contributed by atoms with E-state index in [4.69, 9.17) is 13.9 Å². The Morgan fingerprint density at radius 2 is 2.22 bits per heavy atom. The normalized spacial score (nSPS) is 13.5. The van der Waals surface area contributed by atoms with E-state index in [9.17, 15) is 0 Å². The Hall–Kier alpha value is -1.85. The first kappa shape index (κ1) is 17.5. The highest BCUT2D eigenvalue weighted by Gasteiger charge is 2.15. The van der Waals surface area contributed by atoms with Gasteiger partial charge in [0.2, 0.25) is 0 Å². The van der Waals surface area contributed by atoms with Crippen molar-refractivity contribution in [2.75, 3.05) is 32.2 Å². The van der Waals surface area contributed by atoms with Crippen LogP contribution in [0.4, 0.5) is 6.01 Å². The van der Waals surface area contributed by atoms with Crippen LogP contribution in [0.1, 0.15) is 25.8 Å². The third-order valence-corrected chi connectivity index (χ3v) is 3.82. The van der Waals surface area contributed by atoms with Crippen molar-refractivity contribution in [3.63, 3.8) is 0 Å². The molecule has 1 aromatic heterocycles. The molecule has 0 saturated heterocycles. The Labute approximate surface area is 137 Å². The highest BCUT2D eigenvalue weighted by atomic mass is 16.7. The molecule has 0 radical (unpaired) electrons. The average Bonchev–Trinajstić information content (AvgIpc) is 2.99. The Morgan fingerprint density at radius 3 is 2.83 bits per heavy atom. The number of ether oxygens (including phenoxy) is 2. The number of methoxy groups -OCH3 is 1. The third-order valence-electron chi connectivity index (χ3n) is 3.82. The minimum Gasteiger partial charge on any atom is -0.423 e. The summed E-state index contributed by atoms with van der Waals surface area (Å²) in [7, 11) is 3.65. The lowest BCUT2D eigenvalue weighted by Crippen LogP contribution is -2.24. The van der Waals surface area contributed by atoms with Crippen molar-refractivity contribution in [3.8, 4) is 0 Å². The van der Waals surface area contributed by atoms with Gasteiger partial charge in [-0.3, -0.25) is 0 Å². The Bertz CT molecular complexity index is 663. The fraction of sp³-hybridized carbons (Fsp3) is 0.500. The zero-order valence-electron chi connectivity index (χ0n) is 14.6. The number of nitrogens with zero attached hydrogens (tertiary/aromatic N) is 2. The number of benzene rings is 1. The number of aromatic nitrogens is 1. The SMILES string of the molecule is C/C=C(\CC(OC)OCC)CN(C)c1nc2cccc(C)c2o1. The Morgan fingerprint density at radius 1 is 1.43 bits per heavy atom. The van der Waals surface area contributed by atoms with Crippen molar-refractivity contribution in [1.29, 1.82) is 0 Å². The van der Waals surface area contributed by atoms with E-state index >= 15 is 0 Å². The van der Waals surface area contributed by atoms with Gasteiger partial charge in [-0.1, -0.05) is 23.8 Å². The summed E-state index contributed by atoms with van der Waals surface area (Å²) < 4.78 is 16.8. The second-order valence-corrected chi connectivity index (χ2v) is 5.55. The summed E-state index contributed by atoms with van der Waals surface area (Å²) in [6.07, 6.45) is 2.60. The topological polar surface area (TPSA) is 47.7 Å². The number of allylic oxidation sites excluding steroid dienone is 1. The van der Waals surface area contributed by atoms with E-state index in [2.05, 4.69) is 11.1 Å². The fourth-order valence-electron chi connectivity index (χ4n) is 2.49. The quantitative estimate of drug-likeness (QED) is 0.545. The van der Waals surface area contributed by atoms with Gasteiger partial charge in [0.05, 0.1) is 0 Å². The first-order valence-electron chi connectivity index (χ1n) is 7.94. The van der Waals surface area contributed by atoms with Crippen LogP contribution < -0.4 is 4.90 Å². The number of anilines is 1. The third kappa shape index (κ3) is 4.33. The summed E-state index contributed by atoms with van der Waals surface area (Å²) in [6, 6.07) is 6.61. The number of aryl methyl sites for hydroxylation is 1. The molecule has 5 nitrogen and oxygen atoms in total. The van der Waals surface area contributed by atoms with Crippen molar-refractivity contribution >= 4 is 17.1 Å². The molecule has 0 fully saturated rings. The molecule has 0 aliphatic carbocycles. The van der Waals surface area contributed by atoms with Crippen LogP contribution in [-0.2, 0) is 9.47 Å². The van der Waals surface area contributed by atoms with Crippen LogP contribution in [0, 0.1) is 6.92 Å². The molecule has 0 aliphatic rings. The Kier molecular flexibility index (Phi) is 6.19. The van der Waals surface area contributed by atoms with E-state index in [0.29, 0.717) is 12.6 Å². The molecule has 126 valence electrons. The molecule has 0 saturated carbocycles. The first-order chi connectivity index (χ1) is 11.1. The predicted octanol–water partition coefficient (Wildman–Crippen LogP) is 3.92. The van der Waals surface area contributed by atoms with Gasteiger partial charge in [0, 0.05) is 33.7 Å². The number of fused-ring (bicyclic) bond motifs is 1. The van der Waals surface area contributed by atoms with Crippen molar-refractivity contribution < 1.29 is 13.9 Å². The van der Waals surface area contributed by atoms with E-state index < -0.39 is 0 Å². The van der Waals surface area contributed by atoms with Gasteiger partial charge in [-0.15, -0.1) is 0 Å². The smallest absolute Gasteiger partial charge is 0.298 e. The molecule has 0 amide bonds. The average molecular weight is 318 g/mol. The van der Waals surface area contributed by atoms with Crippen molar-refractivity contribution in [1.82, 2.24) is 4.98 Å². The lowest BCUT2D eigenvalue weighted by Gasteiger charge is -2.21. The van der Waals surface area contributed by atoms with Crippen LogP contribution in [0.2, 0.25) is 0 Å². The summed E-state index contributed by atoms with van der Waals surface area (Å²) >= 11 is 0. The largest absolute Gasteiger partial charge is 0.423 e. The van der Waals surface area contributed by atoms with E-state index in [1.54, 1.807) is 7.11 Å². The van der Waals surface area contributed by atoms with Crippen LogP contribution in [0.15, 0.2) is 34.3 Å². The van der Waals surface area contributed by atoms with Gasteiger partial charge in [-0.25, -0.2) is 0 Å². The van der Waals surface area contributed by atoms with Gasteiger partial charge < -0.3 is 18.8 Å². The van der Waals surface area contributed by atoms with Gasteiger partial charge in [-0.2, -0.15) is 4.98 Å². The van der Waals surface area contributed by atoms with Crippen LogP contribution in [0.3, 0.4) is 0 Å². The number of rotatable bonds is 8. The minimum atomic E-state index is -0.217. The van der Waals surface area contributed by atoms with E-state index in [-0.39, 0.29) is 6.29 Å². The summed E-state index contributed by atoms with van der Waals surface area (Å²) in [5, 5.41) is 0. The zero-order chi connectivity index (χ0) is 16.8. The maximum absolute atomic E-state index is 5.91. The molecule has 0 bridgehead atoms. The summed E-state index contributed by atoms with van der Waals surface area (Å²) in [5.41, 5.74) is 4.04. The highest BCUT2D eigenvalue weighted by Crippen LogP contribution is 2.24. The first-order valence-corrected chi connectivity index (χ1v) is 7.94. The van der Waals surface area contributed by atoms with Gasteiger partial charge in [0.15, 0.2) is 11.9 Å². The second-order valence-electron chi connectivity index (χ2n) is 5.55. The number of likely N-dealkylation sites (N-methyl/N-ethyl adjacent to an activating group) is 1. The predicted molar refractivity (Wildman–Crippen MR) is 92.8 cm³/mol. The molecular weight excluding hydrogens is 292 g/mol. The minimum absolute atomic E-state index is 0.217. The van der Waals surface area contributed by atoms with Crippen LogP contribution in [0.25, 0.3) is 11.1 Å². The van der Waals surface area contributed by atoms with Crippen molar-refractivity contribution in [2.45, 2.75) is 33.5 Å². The van der Waals surface area contributed by atoms with Gasteiger partial charge >= 0.3 is 0 Å². The molecule has 5 heteroatoms. The number of para-hydroxylation sites is 1. The van der Waals surface area contributed by atoms with E-state index in [1.165, 1.54) is 5.57 Å². The number of hydrogen-bond donors (Lipinski definition) is 0. The fourth-order valence-corrected chi connectivity index (χ4v) is 2.49. The standard InChI is InChI=1S/C18H26N2O3/c1-6-14(11-16(21-5)22-7-2)12-20(4)18-19-15-10-8-9-13(3)17(15)23-18/h6,8-10,16H,7,11-12H2,1-5H3/b14-6+. The molecule has 1 aromatic carbocycles. The molecule has 2 rings (SSSR count). The lowest BCUT2D eigenvalue weighted by atomic mass is 10.1. The van der Waals surface area contributed by atoms with Crippen LogP contribution >= 0.6 is 0 Å². The lowest BCUT2D eigenvalue weighted by molar-refractivity contribution is -0.118. The number of hydrogen-bond acceptors (Lipinski definition) is 5. The molecule has 1 atom stereocenters. The maximum atomic E-state index is 5.91. The second kappa shape index (κ2) is 8.13. The van der Waals surface area contributed by atoms with Gasteiger partial charge in [0.25, 0.3) is 6.01 Å². The van der Waals surface area contributed by atoms with Crippen LogP contribution in [-0.4, -0.2) is 38.6 Å². The van der Waals surface area contributed by atoms with Crippen LogP contribution in [0.5, 0.6) is 0 Å². The zero-order valence-corrected chi connectivity index (χ0v) is 14.6. The maximum Gasteiger partial charge on any atom is 0.298 e. The molecule has 1 heterocycles. The van der Waals surface area contributed by atoms with Gasteiger partial charge in [0.1, 0.15) is 5.52 Å². The summed E-state index contributed by atoms with van der Waals surface area (Å²) in [5.74, 6) is 0. The molecule has 23 heavy (non-hydrogen) atoms. The Balaban J connectivity index is 2.09. The van der Waals surface area contributed by atoms with Crippen molar-refractivity contribution in [3.05, 3.63) is 35.4 Å². The molecule has 1 unspecified atom stereocenters. The monoisotopic (exact) mass is 318 g/mol. The molecule has 0 aliphatic heterocycles. The van der Waals surface area contributed by atoms with E-state index in [0.717, 1.165) is 29.6 Å². The molecular formula is C18H26N2O3. The summed E-state index contributed by atoms with van der Waals surface area (Å²) in [4.78, 5) is 6.57.